The van der Waals surface area contributed by atoms with Gasteiger partial charge < -0.3 is 15.7 Å². The van der Waals surface area contributed by atoms with Crippen LogP contribution in [0.3, 0.4) is 0 Å². The molecule has 0 heterocycles. The van der Waals surface area contributed by atoms with Gasteiger partial charge in [0, 0.05) is 5.41 Å². The molecule has 0 fully saturated rings. The first kappa shape index (κ1) is 19.4. The molecule has 2 atom stereocenters. The molecule has 0 saturated heterocycles. The molecule has 0 spiro atoms. The number of amides is 2. The molecule has 0 aromatic carbocycles. The molecule has 2 unspecified atom stereocenters. The maximum absolute atomic E-state index is 12.2. The van der Waals surface area contributed by atoms with Crippen LogP contribution in [-0.2, 0) is 14.4 Å². The first-order valence-corrected chi connectivity index (χ1v) is 7.14. The van der Waals surface area contributed by atoms with Gasteiger partial charge in [0.15, 0.2) is 0 Å². The van der Waals surface area contributed by atoms with Gasteiger partial charge in [0.05, 0.1) is 12.0 Å². The summed E-state index contributed by atoms with van der Waals surface area (Å²) in [5.41, 5.74) is -1.44. The van der Waals surface area contributed by atoms with E-state index in [-0.39, 0.29) is 24.2 Å². The van der Waals surface area contributed by atoms with E-state index in [0.717, 1.165) is 0 Å². The third kappa shape index (κ3) is 6.14. The predicted molar refractivity (Wildman–Crippen MR) is 80.7 cm³/mol. The van der Waals surface area contributed by atoms with Gasteiger partial charge in [-0.15, -0.1) is 0 Å². The Morgan fingerprint density at radius 3 is 1.86 bits per heavy atom. The number of hydrogen-bond acceptors (Lipinski definition) is 3. The summed E-state index contributed by atoms with van der Waals surface area (Å²) in [5, 5.41) is 14.4. The number of nitrogens with one attached hydrogen (secondary N) is 2. The Morgan fingerprint density at radius 2 is 1.52 bits per heavy atom. The first-order valence-electron chi connectivity index (χ1n) is 7.14. The fourth-order valence-corrected chi connectivity index (χ4v) is 1.58. The van der Waals surface area contributed by atoms with Gasteiger partial charge in [0.2, 0.25) is 11.8 Å². The lowest BCUT2D eigenvalue weighted by molar-refractivity contribution is -0.140. The topological polar surface area (TPSA) is 95.5 Å². The van der Waals surface area contributed by atoms with Crippen LogP contribution in [0.15, 0.2) is 0 Å². The zero-order valence-electron chi connectivity index (χ0n) is 14.0. The fourth-order valence-electron chi connectivity index (χ4n) is 1.58. The maximum atomic E-state index is 12.2. The lowest BCUT2D eigenvalue weighted by Gasteiger charge is -2.34. The summed E-state index contributed by atoms with van der Waals surface area (Å²) in [7, 11) is 0. The van der Waals surface area contributed by atoms with Gasteiger partial charge in [-0.25, -0.2) is 0 Å². The highest BCUT2D eigenvalue weighted by molar-refractivity contribution is 5.89. The van der Waals surface area contributed by atoms with E-state index < -0.39 is 23.0 Å². The summed E-state index contributed by atoms with van der Waals surface area (Å²) in [6.45, 7) is 12.3. The van der Waals surface area contributed by atoms with Gasteiger partial charge in [-0.05, 0) is 19.8 Å². The van der Waals surface area contributed by atoms with E-state index >= 15 is 0 Å². The predicted octanol–water partition coefficient (Wildman–Crippen LogP) is 1.54. The Kier molecular flexibility index (Phi) is 6.39. The molecule has 0 saturated carbocycles. The Bertz CT molecular complexity index is 412. The van der Waals surface area contributed by atoms with E-state index in [4.69, 9.17) is 5.11 Å². The van der Waals surface area contributed by atoms with Crippen molar-refractivity contribution >= 4 is 17.8 Å². The van der Waals surface area contributed by atoms with Gasteiger partial charge in [-0.2, -0.15) is 0 Å². The van der Waals surface area contributed by atoms with Crippen molar-refractivity contribution in [3.05, 3.63) is 0 Å². The van der Waals surface area contributed by atoms with Gasteiger partial charge in [0.25, 0.3) is 0 Å². The smallest absolute Gasteiger partial charge is 0.305 e. The Balaban J connectivity index is 4.85. The van der Waals surface area contributed by atoms with E-state index in [1.54, 1.807) is 34.6 Å². The Labute approximate surface area is 126 Å². The summed E-state index contributed by atoms with van der Waals surface area (Å²) < 4.78 is 0. The number of carboxylic acids is 1. The lowest BCUT2D eigenvalue weighted by atomic mass is 9.85. The molecule has 0 aliphatic heterocycles. The monoisotopic (exact) mass is 300 g/mol. The summed E-state index contributed by atoms with van der Waals surface area (Å²) >= 11 is 0. The quantitative estimate of drug-likeness (QED) is 0.693. The van der Waals surface area contributed by atoms with Crippen molar-refractivity contribution in [3.8, 4) is 0 Å². The largest absolute Gasteiger partial charge is 0.481 e. The molecule has 0 aliphatic rings. The molecule has 0 aromatic rings. The molecule has 0 aromatic heterocycles. The molecule has 0 radical (unpaired) electrons. The average molecular weight is 300 g/mol. The molecule has 6 nitrogen and oxygen atoms in total. The normalized spacial score (nSPS) is 16.0. The summed E-state index contributed by atoms with van der Waals surface area (Å²) in [6.07, 6.45) is -0.170. The van der Waals surface area contributed by atoms with Crippen LogP contribution >= 0.6 is 0 Å². The second kappa shape index (κ2) is 6.91. The van der Waals surface area contributed by atoms with Crippen LogP contribution in [-0.4, -0.2) is 34.5 Å². The van der Waals surface area contributed by atoms with E-state index in [1.165, 1.54) is 0 Å². The highest BCUT2D eigenvalue weighted by atomic mass is 16.4. The molecule has 2 amide bonds. The minimum absolute atomic E-state index is 0.0527. The molecule has 0 aliphatic carbocycles. The van der Waals surface area contributed by atoms with Crippen LogP contribution < -0.4 is 10.6 Å². The minimum atomic E-state index is -0.974. The van der Waals surface area contributed by atoms with Crippen LogP contribution in [0.25, 0.3) is 0 Å². The van der Waals surface area contributed by atoms with E-state index in [1.807, 2.05) is 13.8 Å². The third-order valence-corrected chi connectivity index (χ3v) is 3.62. The van der Waals surface area contributed by atoms with E-state index in [9.17, 15) is 14.4 Å². The molecule has 3 N–H and O–H groups in total. The lowest BCUT2D eigenvalue weighted by Crippen LogP contribution is -2.57. The van der Waals surface area contributed by atoms with Crippen LogP contribution in [0, 0.1) is 11.3 Å². The van der Waals surface area contributed by atoms with Crippen molar-refractivity contribution in [1.29, 1.82) is 0 Å². The molecule has 0 bridgehead atoms. The van der Waals surface area contributed by atoms with Crippen molar-refractivity contribution in [2.24, 2.45) is 11.3 Å². The van der Waals surface area contributed by atoms with Gasteiger partial charge in [-0.3, -0.25) is 14.4 Å². The van der Waals surface area contributed by atoms with Crippen LogP contribution in [0.1, 0.15) is 54.9 Å². The SMILES string of the molecule is CC(NC(=O)C(C)(C)C)C(=O)NC(C)(CC(=O)O)C(C)C. The number of rotatable bonds is 6. The highest BCUT2D eigenvalue weighted by Crippen LogP contribution is 2.21. The second-order valence-corrected chi connectivity index (χ2v) is 7.08. The Hall–Kier alpha value is -1.59. The van der Waals surface area contributed by atoms with Crippen molar-refractivity contribution in [1.82, 2.24) is 10.6 Å². The van der Waals surface area contributed by atoms with E-state index in [2.05, 4.69) is 10.6 Å². The molecule has 21 heavy (non-hydrogen) atoms. The first-order chi connectivity index (χ1) is 9.29. The van der Waals surface area contributed by atoms with Gasteiger partial charge >= 0.3 is 5.97 Å². The number of carbonyl (C=O) groups excluding carboxylic acids is 2. The summed E-state index contributed by atoms with van der Waals surface area (Å²) in [6, 6.07) is -0.719. The molecular formula is C15H28N2O4. The fraction of sp³-hybridized carbons (Fsp3) is 0.800. The van der Waals surface area contributed by atoms with Crippen molar-refractivity contribution in [2.75, 3.05) is 0 Å². The van der Waals surface area contributed by atoms with Crippen molar-refractivity contribution < 1.29 is 19.5 Å². The summed E-state index contributed by atoms with van der Waals surface area (Å²) in [4.78, 5) is 35.0. The summed E-state index contributed by atoms with van der Waals surface area (Å²) in [5.74, 6) is -1.64. The number of carbonyl (C=O) groups is 3. The maximum Gasteiger partial charge on any atom is 0.305 e. The van der Waals surface area contributed by atoms with Crippen LogP contribution in [0.4, 0.5) is 0 Å². The Morgan fingerprint density at radius 1 is 1.05 bits per heavy atom. The van der Waals surface area contributed by atoms with Crippen molar-refractivity contribution in [2.45, 2.75) is 66.5 Å². The van der Waals surface area contributed by atoms with Crippen LogP contribution in [0.5, 0.6) is 0 Å². The van der Waals surface area contributed by atoms with Crippen LogP contribution in [0.2, 0.25) is 0 Å². The molecule has 6 heteroatoms. The minimum Gasteiger partial charge on any atom is -0.481 e. The third-order valence-electron chi connectivity index (χ3n) is 3.62. The van der Waals surface area contributed by atoms with Crippen molar-refractivity contribution in [3.63, 3.8) is 0 Å². The van der Waals surface area contributed by atoms with Gasteiger partial charge in [0.1, 0.15) is 6.04 Å². The second-order valence-electron chi connectivity index (χ2n) is 7.08. The number of aliphatic carboxylic acids is 1. The molecule has 122 valence electrons. The number of hydrogen-bond donors (Lipinski definition) is 3. The zero-order valence-corrected chi connectivity index (χ0v) is 14.0. The molecule has 0 rings (SSSR count). The average Bonchev–Trinajstić information content (AvgIpc) is 2.25. The number of carboxylic acid groups (broad SMARTS) is 1. The highest BCUT2D eigenvalue weighted by Gasteiger charge is 2.34. The standard InChI is InChI=1S/C15H28N2O4/c1-9(2)15(7,8-11(18)19)17-12(20)10(3)16-13(21)14(4,5)6/h9-10H,8H2,1-7H3,(H,16,21)(H,17,20)(H,18,19). The van der Waals surface area contributed by atoms with Gasteiger partial charge in [-0.1, -0.05) is 34.6 Å². The van der Waals surface area contributed by atoms with E-state index in [0.29, 0.717) is 0 Å². The zero-order chi connectivity index (χ0) is 17.0. The molecular weight excluding hydrogens is 272 g/mol.